The maximum atomic E-state index is 13.5. The minimum Gasteiger partial charge on any atom is -0.382 e. The van der Waals surface area contributed by atoms with Gasteiger partial charge in [0.15, 0.2) is 11.5 Å². The summed E-state index contributed by atoms with van der Waals surface area (Å²) in [5, 5.41) is 26.4. The maximum absolute atomic E-state index is 13.5. The molecule has 5 heterocycles. The van der Waals surface area contributed by atoms with E-state index >= 15 is 0 Å². The molecule has 18 heteroatoms. The number of pyridine rings is 2. The van der Waals surface area contributed by atoms with E-state index in [4.69, 9.17) is 14.2 Å². The second kappa shape index (κ2) is 17.7. The molecule has 18 nitrogen and oxygen atoms in total. The van der Waals surface area contributed by atoms with Gasteiger partial charge in [0.1, 0.15) is 12.1 Å². The number of nitrogens with zero attached hydrogens (tertiary/aromatic N) is 6. The molecule has 306 valence electrons. The Bertz CT molecular complexity index is 2320. The molecule has 0 radical (unpaired) electrons. The fourth-order valence-corrected chi connectivity index (χ4v) is 7.69. The number of anilines is 2. The standard InChI is InChI=1S/C41H44N10O8/c42-19-25-16-26-21-46-51(37(26)45-20-25)34-18-32(47-27-6-7-27)30(22-44-34)38(53)48-28-5-4-24(17-28)23-59-15-14-58-13-12-57-11-10-43-31-3-1-2-29-36(31)41(56)50(40(29)55)33-8-9-35(52)49-39(33)54/h1-3,16,18,20-22,24,27-28,33,43H,4-15,17,23H2,(H,44,47)(H,48,53)(H,49,52,54)/t24-,28-,33?/m0/s1. The molecule has 0 bridgehead atoms. The van der Waals surface area contributed by atoms with Crippen LogP contribution in [-0.2, 0) is 23.8 Å². The first-order valence-electron chi connectivity index (χ1n) is 19.9. The van der Waals surface area contributed by atoms with Crippen molar-refractivity contribution < 1.29 is 38.2 Å². The zero-order chi connectivity index (χ0) is 40.9. The summed E-state index contributed by atoms with van der Waals surface area (Å²) in [7, 11) is 0. The van der Waals surface area contributed by atoms with Gasteiger partial charge in [-0.3, -0.25) is 34.2 Å². The van der Waals surface area contributed by atoms with Crippen LogP contribution in [-0.4, -0.2) is 118 Å². The van der Waals surface area contributed by atoms with Gasteiger partial charge in [-0.15, -0.1) is 0 Å². The van der Waals surface area contributed by atoms with E-state index in [0.717, 1.165) is 42.4 Å². The molecule has 59 heavy (non-hydrogen) atoms. The van der Waals surface area contributed by atoms with E-state index in [2.05, 4.69) is 42.4 Å². The average molecular weight is 805 g/mol. The van der Waals surface area contributed by atoms with E-state index in [-0.39, 0.29) is 35.9 Å². The number of aromatic nitrogens is 4. The molecular weight excluding hydrogens is 761 g/mol. The number of ether oxygens (including phenoxy) is 3. The largest absolute Gasteiger partial charge is 0.382 e. The van der Waals surface area contributed by atoms with Gasteiger partial charge in [0.2, 0.25) is 11.8 Å². The fraction of sp³-hybridized carbons (Fsp3) is 0.439. The van der Waals surface area contributed by atoms with Crippen molar-refractivity contribution in [3.8, 4) is 11.9 Å². The summed E-state index contributed by atoms with van der Waals surface area (Å²) in [6, 6.07) is 9.87. The SMILES string of the molecule is N#Cc1cnc2c(cnn2-c2cc(NC3CC3)c(C(=O)N[C@H]3CC[C@H](COCCOCCOCCNc4cccc5c4C(=O)N(C4CCC(=O)NC4=O)C5=O)C3)cn2)c1. The predicted octanol–water partition coefficient (Wildman–Crippen LogP) is 2.72. The van der Waals surface area contributed by atoms with E-state index in [1.54, 1.807) is 41.3 Å². The molecular formula is C41H44N10O8. The first kappa shape index (κ1) is 39.5. The molecule has 1 aromatic carbocycles. The predicted molar refractivity (Wildman–Crippen MR) is 211 cm³/mol. The topological polar surface area (TPSA) is 232 Å². The molecule has 2 aliphatic heterocycles. The number of carbonyl (C=O) groups excluding carboxylic acids is 5. The van der Waals surface area contributed by atoms with Gasteiger partial charge in [0, 0.05) is 61.2 Å². The number of nitrogens with one attached hydrogen (secondary N) is 4. The quantitative estimate of drug-likeness (QED) is 0.0837. The fourth-order valence-electron chi connectivity index (χ4n) is 7.69. The number of hydrogen-bond donors (Lipinski definition) is 4. The summed E-state index contributed by atoms with van der Waals surface area (Å²) in [6.45, 7) is 2.86. The Hall–Kier alpha value is -6.29. The highest BCUT2D eigenvalue weighted by atomic mass is 16.5. The number of nitriles is 1. The zero-order valence-electron chi connectivity index (χ0n) is 32.3. The molecule has 4 N–H and O–H groups in total. The normalized spacial score (nSPS) is 20.1. The van der Waals surface area contributed by atoms with Gasteiger partial charge in [-0.25, -0.2) is 9.97 Å². The number of fused-ring (bicyclic) bond motifs is 2. The van der Waals surface area contributed by atoms with Crippen LogP contribution in [0.1, 0.15) is 81.6 Å². The van der Waals surface area contributed by atoms with Crippen LogP contribution in [0.3, 0.4) is 0 Å². The molecule has 1 unspecified atom stereocenters. The average Bonchev–Trinajstić information content (AvgIpc) is 3.66. The number of imide groups is 2. The lowest BCUT2D eigenvalue weighted by molar-refractivity contribution is -0.136. The summed E-state index contributed by atoms with van der Waals surface area (Å²) in [5.74, 6) is -1.53. The Balaban J connectivity index is 0.711. The Morgan fingerprint density at radius 1 is 0.881 bits per heavy atom. The highest BCUT2D eigenvalue weighted by molar-refractivity contribution is 6.25. The van der Waals surface area contributed by atoms with Gasteiger partial charge in [-0.05, 0) is 62.6 Å². The van der Waals surface area contributed by atoms with Crippen LogP contribution in [0.15, 0.2) is 48.9 Å². The number of benzene rings is 1. The summed E-state index contributed by atoms with van der Waals surface area (Å²) in [4.78, 5) is 73.6. The van der Waals surface area contributed by atoms with Crippen LogP contribution < -0.4 is 21.3 Å². The van der Waals surface area contributed by atoms with Crippen LogP contribution in [0.5, 0.6) is 0 Å². The molecule has 2 saturated carbocycles. The smallest absolute Gasteiger partial charge is 0.264 e. The van der Waals surface area contributed by atoms with E-state index in [9.17, 15) is 29.2 Å². The maximum Gasteiger partial charge on any atom is 0.264 e. The zero-order valence-corrected chi connectivity index (χ0v) is 32.3. The minimum atomic E-state index is -1.02. The van der Waals surface area contributed by atoms with E-state index in [1.165, 1.54) is 6.20 Å². The molecule has 3 fully saturated rings. The van der Waals surface area contributed by atoms with E-state index in [0.29, 0.717) is 92.1 Å². The van der Waals surface area contributed by atoms with Crippen molar-refractivity contribution in [2.45, 2.75) is 63.1 Å². The van der Waals surface area contributed by atoms with Crippen molar-refractivity contribution in [2.75, 3.05) is 56.8 Å². The summed E-state index contributed by atoms with van der Waals surface area (Å²) in [5.41, 5.74) is 3.08. The van der Waals surface area contributed by atoms with E-state index < -0.39 is 29.7 Å². The van der Waals surface area contributed by atoms with Crippen molar-refractivity contribution in [3.05, 3.63) is 71.2 Å². The third-order valence-electron chi connectivity index (χ3n) is 10.8. The minimum absolute atomic E-state index is 0.0272. The molecule has 4 aromatic rings. The summed E-state index contributed by atoms with van der Waals surface area (Å²) < 4.78 is 18.8. The highest BCUT2D eigenvalue weighted by Gasteiger charge is 2.45. The van der Waals surface area contributed by atoms with Gasteiger partial charge in [-0.1, -0.05) is 6.07 Å². The van der Waals surface area contributed by atoms with Gasteiger partial charge in [0.25, 0.3) is 17.7 Å². The molecule has 4 aliphatic rings. The van der Waals surface area contributed by atoms with Gasteiger partial charge >= 0.3 is 0 Å². The molecule has 2 aliphatic carbocycles. The van der Waals surface area contributed by atoms with Crippen molar-refractivity contribution in [3.63, 3.8) is 0 Å². The number of amides is 5. The second-order valence-corrected chi connectivity index (χ2v) is 15.1. The van der Waals surface area contributed by atoms with Crippen molar-refractivity contribution >= 4 is 51.9 Å². The molecule has 3 aromatic heterocycles. The van der Waals surface area contributed by atoms with Crippen LogP contribution in [0.4, 0.5) is 11.4 Å². The van der Waals surface area contributed by atoms with Crippen LogP contribution in [0.2, 0.25) is 0 Å². The number of rotatable bonds is 18. The number of carbonyl (C=O) groups is 5. The molecule has 0 spiro atoms. The van der Waals surface area contributed by atoms with Gasteiger partial charge in [0.05, 0.1) is 67.2 Å². The molecule has 8 rings (SSSR count). The first-order valence-corrected chi connectivity index (χ1v) is 19.9. The van der Waals surface area contributed by atoms with Crippen LogP contribution in [0.25, 0.3) is 16.9 Å². The molecule has 5 amide bonds. The monoisotopic (exact) mass is 804 g/mol. The lowest BCUT2D eigenvalue weighted by Gasteiger charge is -2.27. The number of piperidine rings is 1. The first-order chi connectivity index (χ1) is 28.8. The van der Waals surface area contributed by atoms with Crippen molar-refractivity contribution in [2.24, 2.45) is 5.92 Å². The Morgan fingerprint density at radius 3 is 2.47 bits per heavy atom. The van der Waals surface area contributed by atoms with Crippen LogP contribution >= 0.6 is 0 Å². The van der Waals surface area contributed by atoms with Gasteiger partial charge in [-0.2, -0.15) is 15.0 Å². The summed E-state index contributed by atoms with van der Waals surface area (Å²) >= 11 is 0. The molecule has 3 atom stereocenters. The lowest BCUT2D eigenvalue weighted by atomic mass is 10.0. The lowest BCUT2D eigenvalue weighted by Crippen LogP contribution is -2.54. The van der Waals surface area contributed by atoms with Gasteiger partial charge < -0.3 is 30.2 Å². The Kier molecular flexibility index (Phi) is 11.9. The Morgan fingerprint density at radius 2 is 1.68 bits per heavy atom. The van der Waals surface area contributed by atoms with Crippen molar-refractivity contribution in [1.29, 1.82) is 5.26 Å². The summed E-state index contributed by atoms with van der Waals surface area (Å²) in [6.07, 6.45) is 9.56. The second-order valence-electron chi connectivity index (χ2n) is 15.1. The third-order valence-corrected chi connectivity index (χ3v) is 10.8. The Labute approximate surface area is 339 Å². The van der Waals surface area contributed by atoms with Crippen molar-refractivity contribution in [1.82, 2.24) is 35.3 Å². The van der Waals surface area contributed by atoms with E-state index in [1.807, 2.05) is 6.07 Å². The highest BCUT2D eigenvalue weighted by Crippen LogP contribution is 2.33. The van der Waals surface area contributed by atoms with Crippen LogP contribution in [0, 0.1) is 17.2 Å². The molecule has 1 saturated heterocycles. The number of hydrogen-bond acceptors (Lipinski definition) is 14. The third kappa shape index (κ3) is 8.92.